The minimum Gasteiger partial charge on any atom is -0.368 e. The summed E-state index contributed by atoms with van der Waals surface area (Å²) in [4.78, 5) is 0. The molecular weight excluding hydrogens is 304 g/mol. The maximum Gasteiger partial charge on any atom is 0.186 e. The molecule has 2 fully saturated rings. The van der Waals surface area contributed by atoms with Crippen LogP contribution in [0.1, 0.15) is 31.7 Å². The first-order chi connectivity index (χ1) is 10.8. The highest BCUT2D eigenvalue weighted by molar-refractivity contribution is 6.31. The monoisotopic (exact) mass is 326 g/mol. The van der Waals surface area contributed by atoms with Crippen LogP contribution in [0.5, 0.6) is 0 Å². The van der Waals surface area contributed by atoms with Gasteiger partial charge in [0.1, 0.15) is 12.2 Å². The van der Waals surface area contributed by atoms with Crippen LogP contribution < -0.4 is 0 Å². The van der Waals surface area contributed by atoms with E-state index in [0.717, 1.165) is 29.8 Å². The first-order valence-electron chi connectivity index (χ1n) is 8.03. The van der Waals surface area contributed by atoms with Crippen LogP contribution in [-0.2, 0) is 25.6 Å². The van der Waals surface area contributed by atoms with Gasteiger partial charge in [-0.25, -0.2) is 0 Å². The Hall–Kier alpha value is -0.650. The topological polar surface area (TPSA) is 36.9 Å². The zero-order valence-corrected chi connectivity index (χ0v) is 13.6. The molecule has 4 atom stereocenters. The number of hydrogen-bond donors (Lipinski definition) is 0. The molecule has 0 aliphatic carbocycles. The van der Waals surface area contributed by atoms with Crippen LogP contribution in [0.15, 0.2) is 24.3 Å². The lowest BCUT2D eigenvalue weighted by molar-refractivity contribution is -0.222. The Morgan fingerprint density at radius 2 is 2.05 bits per heavy atom. The van der Waals surface area contributed by atoms with Crippen molar-refractivity contribution in [3.63, 3.8) is 0 Å². The molecule has 0 unspecified atom stereocenters. The Kier molecular flexibility index (Phi) is 5.71. The molecule has 0 radical (unpaired) electrons. The lowest BCUT2D eigenvalue weighted by Crippen LogP contribution is -2.42. The van der Waals surface area contributed by atoms with E-state index in [9.17, 15) is 0 Å². The molecule has 2 heterocycles. The average molecular weight is 327 g/mol. The molecule has 2 aliphatic rings. The number of rotatable bonds is 6. The molecule has 2 aliphatic heterocycles. The summed E-state index contributed by atoms with van der Waals surface area (Å²) in [6.45, 7) is 3.81. The van der Waals surface area contributed by atoms with Crippen LogP contribution >= 0.6 is 11.6 Å². The van der Waals surface area contributed by atoms with Gasteiger partial charge in [0.15, 0.2) is 6.29 Å². The molecule has 3 rings (SSSR count). The average Bonchev–Trinajstić information content (AvgIpc) is 2.90. The van der Waals surface area contributed by atoms with Crippen molar-refractivity contribution in [2.45, 2.75) is 57.4 Å². The molecule has 0 bridgehead atoms. The van der Waals surface area contributed by atoms with Crippen LogP contribution in [0.4, 0.5) is 0 Å². The van der Waals surface area contributed by atoms with Crippen molar-refractivity contribution in [1.29, 1.82) is 0 Å². The predicted octanol–water partition coefficient (Wildman–Crippen LogP) is 3.56. The lowest BCUT2D eigenvalue weighted by atomic mass is 10.0. The number of fused-ring (bicyclic) bond motifs is 1. The van der Waals surface area contributed by atoms with E-state index in [4.69, 9.17) is 30.5 Å². The summed E-state index contributed by atoms with van der Waals surface area (Å²) in [6.07, 6.45) is 2.68. The molecule has 22 heavy (non-hydrogen) atoms. The van der Waals surface area contributed by atoms with Crippen LogP contribution in [-0.4, -0.2) is 37.8 Å². The summed E-state index contributed by atoms with van der Waals surface area (Å²) < 4.78 is 23.6. The number of hydrogen-bond acceptors (Lipinski definition) is 4. The van der Waals surface area contributed by atoms with E-state index < -0.39 is 0 Å². The predicted molar refractivity (Wildman–Crippen MR) is 83.9 cm³/mol. The molecule has 0 amide bonds. The Morgan fingerprint density at radius 3 is 2.86 bits per heavy atom. The maximum atomic E-state index is 6.20. The molecule has 0 N–H and O–H groups in total. The summed E-state index contributed by atoms with van der Waals surface area (Å²) in [6, 6.07) is 7.74. The van der Waals surface area contributed by atoms with Gasteiger partial charge >= 0.3 is 0 Å². The van der Waals surface area contributed by atoms with E-state index >= 15 is 0 Å². The maximum absolute atomic E-state index is 6.20. The molecule has 1 aromatic carbocycles. The van der Waals surface area contributed by atoms with Crippen LogP contribution in [0.2, 0.25) is 5.02 Å². The van der Waals surface area contributed by atoms with Gasteiger partial charge < -0.3 is 18.9 Å². The van der Waals surface area contributed by atoms with Gasteiger partial charge in [0.05, 0.1) is 25.9 Å². The molecule has 1 aromatic rings. The Morgan fingerprint density at radius 1 is 1.23 bits per heavy atom. The minimum absolute atomic E-state index is 0.0236. The van der Waals surface area contributed by atoms with Gasteiger partial charge in [0, 0.05) is 5.02 Å². The first kappa shape index (κ1) is 16.2. The standard InChI is InChI=1S/C17H23ClO4/c1-2-3-8-14-15(16-17(22-14)20-10-9-19-16)21-11-12-6-4-5-7-13(12)18/h4-7,14-17H,2-3,8-11H2,1H3/t14-,15+,16-,17+/m1/s1. The van der Waals surface area contributed by atoms with E-state index in [1.165, 1.54) is 0 Å². The fraction of sp³-hybridized carbons (Fsp3) is 0.647. The smallest absolute Gasteiger partial charge is 0.186 e. The summed E-state index contributed by atoms with van der Waals surface area (Å²) in [5, 5.41) is 0.726. The second-order valence-electron chi connectivity index (χ2n) is 5.76. The van der Waals surface area contributed by atoms with Crippen molar-refractivity contribution in [2.24, 2.45) is 0 Å². The number of halogens is 1. The Balaban J connectivity index is 1.66. The number of ether oxygens (including phenoxy) is 4. The van der Waals surface area contributed by atoms with Crippen molar-refractivity contribution < 1.29 is 18.9 Å². The second kappa shape index (κ2) is 7.75. The van der Waals surface area contributed by atoms with Crippen molar-refractivity contribution in [3.8, 4) is 0 Å². The van der Waals surface area contributed by atoms with Crippen LogP contribution in [0.25, 0.3) is 0 Å². The summed E-state index contributed by atoms with van der Waals surface area (Å²) in [5.74, 6) is 0. The second-order valence-corrected chi connectivity index (χ2v) is 6.17. The van der Waals surface area contributed by atoms with Gasteiger partial charge in [-0.2, -0.15) is 0 Å². The molecular formula is C17H23ClO4. The summed E-state index contributed by atoms with van der Waals surface area (Å²) >= 11 is 6.20. The van der Waals surface area contributed by atoms with Crippen molar-refractivity contribution in [2.75, 3.05) is 13.2 Å². The molecule has 5 heteroatoms. The molecule has 122 valence electrons. The highest BCUT2D eigenvalue weighted by atomic mass is 35.5. The zero-order chi connectivity index (χ0) is 15.4. The van der Waals surface area contributed by atoms with Crippen LogP contribution in [0.3, 0.4) is 0 Å². The van der Waals surface area contributed by atoms with E-state index in [1.54, 1.807) is 0 Å². The van der Waals surface area contributed by atoms with Crippen molar-refractivity contribution in [3.05, 3.63) is 34.9 Å². The van der Waals surface area contributed by atoms with E-state index in [-0.39, 0.29) is 24.6 Å². The normalized spacial score (nSPS) is 31.2. The quantitative estimate of drug-likeness (QED) is 0.801. The number of unbranched alkanes of at least 4 members (excludes halogenated alkanes) is 1. The van der Waals surface area contributed by atoms with Crippen molar-refractivity contribution in [1.82, 2.24) is 0 Å². The fourth-order valence-electron chi connectivity index (χ4n) is 2.99. The van der Waals surface area contributed by atoms with Crippen LogP contribution in [0, 0.1) is 0 Å². The van der Waals surface area contributed by atoms with Crippen molar-refractivity contribution >= 4 is 11.6 Å². The third-order valence-electron chi connectivity index (χ3n) is 4.17. The zero-order valence-electron chi connectivity index (χ0n) is 12.9. The van der Waals surface area contributed by atoms with E-state index in [0.29, 0.717) is 19.8 Å². The fourth-order valence-corrected chi connectivity index (χ4v) is 3.18. The summed E-state index contributed by atoms with van der Waals surface area (Å²) in [7, 11) is 0. The molecule has 0 aromatic heterocycles. The van der Waals surface area contributed by atoms with Gasteiger partial charge in [-0.05, 0) is 18.1 Å². The number of benzene rings is 1. The van der Waals surface area contributed by atoms with E-state index in [2.05, 4.69) is 6.92 Å². The Labute approximate surface area is 136 Å². The van der Waals surface area contributed by atoms with Gasteiger partial charge in [-0.15, -0.1) is 0 Å². The minimum atomic E-state index is -0.299. The molecule has 0 saturated carbocycles. The highest BCUT2D eigenvalue weighted by Crippen LogP contribution is 2.33. The molecule has 0 spiro atoms. The largest absolute Gasteiger partial charge is 0.368 e. The SMILES string of the molecule is CCCC[C@H]1O[C@@H]2OCCO[C@@H]2[C@H]1OCc1ccccc1Cl. The first-order valence-corrected chi connectivity index (χ1v) is 8.41. The molecule has 4 nitrogen and oxygen atoms in total. The van der Waals surface area contributed by atoms with Gasteiger partial charge in [0.2, 0.25) is 0 Å². The third-order valence-corrected chi connectivity index (χ3v) is 4.54. The van der Waals surface area contributed by atoms with E-state index in [1.807, 2.05) is 24.3 Å². The third kappa shape index (κ3) is 3.63. The van der Waals surface area contributed by atoms with Gasteiger partial charge in [0.25, 0.3) is 0 Å². The van der Waals surface area contributed by atoms with Gasteiger partial charge in [-0.3, -0.25) is 0 Å². The Bertz CT molecular complexity index is 481. The molecule has 2 saturated heterocycles. The summed E-state index contributed by atoms with van der Waals surface area (Å²) in [5.41, 5.74) is 0.985. The van der Waals surface area contributed by atoms with Gasteiger partial charge in [-0.1, -0.05) is 49.6 Å². The highest BCUT2D eigenvalue weighted by Gasteiger charge is 2.48. The lowest BCUT2D eigenvalue weighted by Gasteiger charge is -2.28.